The summed E-state index contributed by atoms with van der Waals surface area (Å²) in [4.78, 5) is 24.0. The number of rotatable bonds is 8. The molecular weight excluding hydrogens is 433 g/mol. The predicted octanol–water partition coefficient (Wildman–Crippen LogP) is 4.24. The molecule has 1 amide bonds. The van der Waals surface area contributed by atoms with Gasteiger partial charge < -0.3 is 16.4 Å². The molecule has 0 saturated heterocycles. The van der Waals surface area contributed by atoms with Crippen molar-refractivity contribution >= 4 is 17.7 Å². The molecular formula is C23H23F3N6O. The highest BCUT2D eigenvalue weighted by Crippen LogP contribution is 2.36. The van der Waals surface area contributed by atoms with Crippen LogP contribution in [0.4, 0.5) is 24.9 Å². The number of carbonyl (C=O) groups is 1. The lowest BCUT2D eigenvalue weighted by atomic mass is 9.79. The van der Waals surface area contributed by atoms with Gasteiger partial charge in [-0.1, -0.05) is 36.8 Å². The fourth-order valence-electron chi connectivity index (χ4n) is 3.63. The van der Waals surface area contributed by atoms with Crippen molar-refractivity contribution in [3.05, 3.63) is 66.0 Å². The molecule has 0 bridgehead atoms. The number of hydrogen-bond acceptors (Lipinski definition) is 6. The highest BCUT2D eigenvalue weighted by Gasteiger charge is 2.38. The second-order valence-corrected chi connectivity index (χ2v) is 7.93. The van der Waals surface area contributed by atoms with Crippen molar-refractivity contribution in [2.45, 2.75) is 38.0 Å². The fourth-order valence-corrected chi connectivity index (χ4v) is 3.63. The molecule has 0 unspecified atom stereocenters. The summed E-state index contributed by atoms with van der Waals surface area (Å²) < 4.78 is 40.5. The first kappa shape index (κ1) is 22.5. The number of benzene rings is 1. The minimum atomic E-state index is -4.68. The Morgan fingerprint density at radius 2 is 1.88 bits per heavy atom. The van der Waals surface area contributed by atoms with E-state index in [1.807, 2.05) is 42.5 Å². The van der Waals surface area contributed by atoms with Gasteiger partial charge in [-0.3, -0.25) is 9.78 Å². The minimum absolute atomic E-state index is 0.0103. The summed E-state index contributed by atoms with van der Waals surface area (Å²) in [6.45, 7) is 0.301. The zero-order valence-corrected chi connectivity index (χ0v) is 17.6. The van der Waals surface area contributed by atoms with Crippen LogP contribution < -0.4 is 16.4 Å². The van der Waals surface area contributed by atoms with Gasteiger partial charge in [-0.2, -0.15) is 18.2 Å². The maximum Gasteiger partial charge on any atom is 0.421 e. The molecule has 2 heterocycles. The summed E-state index contributed by atoms with van der Waals surface area (Å²) >= 11 is 0. The normalized spacial score (nSPS) is 14.9. The molecule has 10 heteroatoms. The van der Waals surface area contributed by atoms with Crippen LogP contribution in [0.2, 0.25) is 0 Å². The number of anilines is 2. The van der Waals surface area contributed by atoms with Crippen LogP contribution in [0.3, 0.4) is 0 Å². The lowest BCUT2D eigenvalue weighted by Gasteiger charge is -2.33. The minimum Gasteiger partial charge on any atom is -0.368 e. The monoisotopic (exact) mass is 456 g/mol. The average molecular weight is 456 g/mol. The zero-order valence-electron chi connectivity index (χ0n) is 17.6. The number of primary amides is 1. The van der Waals surface area contributed by atoms with Gasteiger partial charge in [-0.15, -0.1) is 0 Å². The molecule has 33 heavy (non-hydrogen) atoms. The second kappa shape index (κ2) is 9.43. The number of nitrogens with zero attached hydrogens (tertiary/aromatic N) is 3. The highest BCUT2D eigenvalue weighted by molar-refractivity contribution is 5.83. The second-order valence-electron chi connectivity index (χ2n) is 7.93. The molecule has 1 fully saturated rings. The lowest BCUT2D eigenvalue weighted by Crippen LogP contribution is -2.44. The van der Waals surface area contributed by atoms with Gasteiger partial charge in [0.2, 0.25) is 11.9 Å². The van der Waals surface area contributed by atoms with Crippen LogP contribution in [-0.2, 0) is 17.5 Å². The van der Waals surface area contributed by atoms with Crippen molar-refractivity contribution in [1.29, 1.82) is 0 Å². The first-order valence-corrected chi connectivity index (χ1v) is 10.6. The number of amides is 1. The van der Waals surface area contributed by atoms with Crippen LogP contribution in [0, 0.1) is 5.92 Å². The molecule has 0 aliphatic heterocycles. The average Bonchev–Trinajstić information content (AvgIpc) is 2.76. The smallest absolute Gasteiger partial charge is 0.368 e. The van der Waals surface area contributed by atoms with E-state index in [-0.39, 0.29) is 11.9 Å². The maximum absolute atomic E-state index is 13.5. The Labute approximate surface area is 188 Å². The summed E-state index contributed by atoms with van der Waals surface area (Å²) in [5, 5.41) is 5.56. The largest absolute Gasteiger partial charge is 0.421 e. The Kier molecular flexibility index (Phi) is 6.43. The number of pyridine rings is 1. The molecule has 0 radical (unpaired) electrons. The van der Waals surface area contributed by atoms with Crippen molar-refractivity contribution in [2.75, 3.05) is 10.6 Å². The van der Waals surface area contributed by atoms with Crippen LogP contribution in [0.5, 0.6) is 0 Å². The van der Waals surface area contributed by atoms with E-state index >= 15 is 0 Å². The van der Waals surface area contributed by atoms with Gasteiger partial charge in [0, 0.05) is 24.5 Å². The van der Waals surface area contributed by atoms with E-state index in [9.17, 15) is 18.0 Å². The van der Waals surface area contributed by atoms with Crippen LogP contribution in [-0.4, -0.2) is 26.9 Å². The van der Waals surface area contributed by atoms with Gasteiger partial charge in [-0.25, -0.2) is 4.98 Å². The SMILES string of the molecule is NC(=O)[C@H](Nc1nc(NCc2ccc(-c3ccccn3)cc2)ncc1C(F)(F)F)C1CCC1. The van der Waals surface area contributed by atoms with Crippen LogP contribution in [0.15, 0.2) is 54.9 Å². The van der Waals surface area contributed by atoms with Gasteiger partial charge in [0.1, 0.15) is 17.4 Å². The van der Waals surface area contributed by atoms with Crippen molar-refractivity contribution in [3.63, 3.8) is 0 Å². The number of nitrogens with one attached hydrogen (secondary N) is 2. The molecule has 1 aliphatic carbocycles. The number of hydrogen-bond donors (Lipinski definition) is 3. The molecule has 7 nitrogen and oxygen atoms in total. The third kappa shape index (κ3) is 5.39. The van der Waals surface area contributed by atoms with Crippen molar-refractivity contribution in [3.8, 4) is 11.3 Å². The standard InChI is InChI=1S/C23H23F3N6O/c24-23(25,26)17-13-30-22(32-21(17)31-19(20(27)33)16-4-3-5-16)29-12-14-7-9-15(10-8-14)18-6-1-2-11-28-18/h1-2,6-11,13,16,19H,3-5,12H2,(H2,27,33)(H2,29,30,31,32)/t19-/m1/s1. The number of halogens is 3. The topological polar surface area (TPSA) is 106 Å². The molecule has 4 N–H and O–H groups in total. The molecule has 4 rings (SSSR count). The summed E-state index contributed by atoms with van der Waals surface area (Å²) in [6, 6.07) is 12.3. The van der Waals surface area contributed by atoms with Gasteiger partial charge in [0.25, 0.3) is 0 Å². The predicted molar refractivity (Wildman–Crippen MR) is 118 cm³/mol. The first-order valence-electron chi connectivity index (χ1n) is 10.6. The van der Waals surface area contributed by atoms with E-state index in [2.05, 4.69) is 25.6 Å². The summed E-state index contributed by atoms with van der Waals surface area (Å²) in [6.07, 6.45) is 0.119. The Morgan fingerprint density at radius 1 is 1.12 bits per heavy atom. The van der Waals surface area contributed by atoms with E-state index in [1.54, 1.807) is 6.20 Å². The van der Waals surface area contributed by atoms with E-state index < -0.39 is 29.5 Å². The van der Waals surface area contributed by atoms with Gasteiger partial charge in [0.15, 0.2) is 0 Å². The Balaban J connectivity index is 1.50. The third-order valence-corrected chi connectivity index (χ3v) is 5.68. The van der Waals surface area contributed by atoms with Gasteiger partial charge >= 0.3 is 6.18 Å². The fraction of sp³-hybridized carbons (Fsp3) is 0.304. The molecule has 1 saturated carbocycles. The molecule has 1 aromatic carbocycles. The molecule has 172 valence electrons. The van der Waals surface area contributed by atoms with Crippen molar-refractivity contribution < 1.29 is 18.0 Å². The first-order chi connectivity index (χ1) is 15.8. The summed E-state index contributed by atoms with van der Waals surface area (Å²) in [5.41, 5.74) is 7.07. The summed E-state index contributed by atoms with van der Waals surface area (Å²) in [5.74, 6) is -1.25. The van der Waals surface area contributed by atoms with Crippen LogP contribution in [0.25, 0.3) is 11.3 Å². The molecule has 0 spiro atoms. The molecule has 2 aromatic heterocycles. The number of aromatic nitrogens is 3. The van der Waals surface area contributed by atoms with E-state index in [4.69, 9.17) is 5.73 Å². The highest BCUT2D eigenvalue weighted by atomic mass is 19.4. The Morgan fingerprint density at radius 3 is 2.45 bits per heavy atom. The van der Waals surface area contributed by atoms with Crippen molar-refractivity contribution in [1.82, 2.24) is 15.0 Å². The van der Waals surface area contributed by atoms with E-state index in [1.165, 1.54) is 0 Å². The quantitative estimate of drug-likeness (QED) is 0.468. The number of nitrogens with two attached hydrogens (primary N) is 1. The van der Waals surface area contributed by atoms with Gasteiger partial charge in [-0.05, 0) is 36.5 Å². The Bertz CT molecular complexity index is 1100. The van der Waals surface area contributed by atoms with Crippen LogP contribution >= 0.6 is 0 Å². The lowest BCUT2D eigenvalue weighted by molar-refractivity contribution is -0.137. The molecule has 3 aromatic rings. The van der Waals surface area contributed by atoms with Gasteiger partial charge in [0.05, 0.1) is 5.69 Å². The number of carbonyl (C=O) groups excluding carboxylic acids is 1. The number of alkyl halides is 3. The van der Waals surface area contributed by atoms with E-state index in [0.717, 1.165) is 36.1 Å². The zero-order chi connectivity index (χ0) is 23.4. The van der Waals surface area contributed by atoms with Crippen molar-refractivity contribution in [2.24, 2.45) is 11.7 Å². The van der Waals surface area contributed by atoms with Crippen LogP contribution in [0.1, 0.15) is 30.4 Å². The summed E-state index contributed by atoms with van der Waals surface area (Å²) in [7, 11) is 0. The Hall–Kier alpha value is -3.69. The molecule has 1 aliphatic rings. The maximum atomic E-state index is 13.5. The van der Waals surface area contributed by atoms with E-state index in [0.29, 0.717) is 12.7 Å². The third-order valence-electron chi connectivity index (χ3n) is 5.68. The molecule has 1 atom stereocenters.